The molecular formula is C10H15ClN4O. The summed E-state index contributed by atoms with van der Waals surface area (Å²) in [6, 6.07) is 0. The van der Waals surface area contributed by atoms with Gasteiger partial charge in [0.1, 0.15) is 11.5 Å². The van der Waals surface area contributed by atoms with Crippen LogP contribution < -0.4 is 5.48 Å². The van der Waals surface area contributed by atoms with E-state index in [0.717, 1.165) is 12.8 Å². The number of hydrogen-bond acceptors (Lipinski definition) is 5. The number of hydrogen-bond donors (Lipinski definition) is 1. The Kier molecular flexibility index (Phi) is 5.74. The molecule has 88 valence electrons. The van der Waals surface area contributed by atoms with Crippen LogP contribution in [0.1, 0.15) is 25.3 Å². The summed E-state index contributed by atoms with van der Waals surface area (Å²) in [6.45, 7) is 2.72. The molecule has 1 aromatic heterocycles. The molecule has 0 radical (unpaired) electrons. The quantitative estimate of drug-likeness (QED) is 0.472. The zero-order valence-corrected chi connectivity index (χ0v) is 10.2. The van der Waals surface area contributed by atoms with Gasteiger partial charge in [0.2, 0.25) is 0 Å². The SMILES string of the molecule is CCCCONc1ncncc1C(Cl)=NC. The van der Waals surface area contributed by atoms with Gasteiger partial charge in [0, 0.05) is 13.2 Å². The number of rotatable bonds is 6. The van der Waals surface area contributed by atoms with Crippen molar-refractivity contribution in [3.63, 3.8) is 0 Å². The number of unbranched alkanes of at least 4 members (excludes halogenated alkanes) is 1. The van der Waals surface area contributed by atoms with Gasteiger partial charge < -0.3 is 0 Å². The lowest BCUT2D eigenvalue weighted by Gasteiger charge is -2.08. The lowest BCUT2D eigenvalue weighted by molar-refractivity contribution is 0.188. The van der Waals surface area contributed by atoms with Crippen LogP contribution >= 0.6 is 11.6 Å². The molecule has 0 unspecified atom stereocenters. The summed E-state index contributed by atoms with van der Waals surface area (Å²) in [7, 11) is 1.61. The first kappa shape index (κ1) is 12.9. The van der Waals surface area contributed by atoms with E-state index in [-0.39, 0.29) is 0 Å². The maximum atomic E-state index is 5.91. The summed E-state index contributed by atoms with van der Waals surface area (Å²) in [5, 5.41) is 0.349. The van der Waals surface area contributed by atoms with Gasteiger partial charge in [-0.1, -0.05) is 24.9 Å². The molecule has 1 aromatic rings. The molecule has 1 N–H and O–H groups in total. The highest BCUT2D eigenvalue weighted by atomic mass is 35.5. The summed E-state index contributed by atoms with van der Waals surface area (Å²) in [4.78, 5) is 17.0. The van der Waals surface area contributed by atoms with E-state index in [4.69, 9.17) is 16.4 Å². The van der Waals surface area contributed by atoms with Crippen molar-refractivity contribution in [1.29, 1.82) is 0 Å². The maximum Gasteiger partial charge on any atom is 0.163 e. The first-order valence-corrected chi connectivity index (χ1v) is 5.47. The Morgan fingerprint density at radius 2 is 2.44 bits per heavy atom. The van der Waals surface area contributed by atoms with Gasteiger partial charge in [-0.15, -0.1) is 0 Å². The average Bonchev–Trinajstić information content (AvgIpc) is 2.34. The molecule has 0 bridgehead atoms. The molecule has 0 aliphatic heterocycles. The zero-order chi connectivity index (χ0) is 11.8. The van der Waals surface area contributed by atoms with Gasteiger partial charge in [0.05, 0.1) is 12.2 Å². The molecule has 1 rings (SSSR count). The fourth-order valence-corrected chi connectivity index (χ4v) is 1.16. The number of aliphatic imine (C=N–C) groups is 1. The lowest BCUT2D eigenvalue weighted by Crippen LogP contribution is -2.09. The highest BCUT2D eigenvalue weighted by Gasteiger charge is 2.07. The van der Waals surface area contributed by atoms with Crippen LogP contribution in [0.3, 0.4) is 0 Å². The minimum absolute atomic E-state index is 0.349. The maximum absolute atomic E-state index is 5.91. The van der Waals surface area contributed by atoms with E-state index < -0.39 is 0 Å². The Balaban J connectivity index is 2.64. The number of nitrogens with zero attached hydrogens (tertiary/aromatic N) is 3. The minimum Gasteiger partial charge on any atom is -0.276 e. The summed E-state index contributed by atoms with van der Waals surface area (Å²) in [5.41, 5.74) is 3.37. The Bertz CT molecular complexity index is 356. The molecule has 16 heavy (non-hydrogen) atoms. The number of aromatic nitrogens is 2. The van der Waals surface area contributed by atoms with Crippen molar-refractivity contribution in [2.75, 3.05) is 19.1 Å². The largest absolute Gasteiger partial charge is 0.276 e. The summed E-state index contributed by atoms with van der Waals surface area (Å²) in [6.07, 6.45) is 5.08. The second kappa shape index (κ2) is 7.14. The third-order valence-corrected chi connectivity index (χ3v) is 2.27. The van der Waals surface area contributed by atoms with E-state index in [0.29, 0.717) is 23.2 Å². The highest BCUT2D eigenvalue weighted by Crippen LogP contribution is 2.13. The highest BCUT2D eigenvalue weighted by molar-refractivity contribution is 6.70. The van der Waals surface area contributed by atoms with Crippen molar-refractivity contribution in [1.82, 2.24) is 9.97 Å². The van der Waals surface area contributed by atoms with Crippen LogP contribution in [0.15, 0.2) is 17.5 Å². The minimum atomic E-state index is 0.349. The molecule has 0 saturated carbocycles. The van der Waals surface area contributed by atoms with Crippen molar-refractivity contribution < 1.29 is 4.84 Å². The van der Waals surface area contributed by atoms with Crippen molar-refractivity contribution in [2.24, 2.45) is 4.99 Å². The second-order valence-corrected chi connectivity index (χ2v) is 3.46. The Labute approximate surface area is 99.9 Å². The molecule has 1 heterocycles. The first-order valence-electron chi connectivity index (χ1n) is 5.10. The van der Waals surface area contributed by atoms with Crippen LogP contribution in [0.5, 0.6) is 0 Å². The predicted octanol–water partition coefficient (Wildman–Crippen LogP) is 2.24. The van der Waals surface area contributed by atoms with Crippen molar-refractivity contribution in [2.45, 2.75) is 19.8 Å². The molecule has 6 heteroatoms. The predicted molar refractivity (Wildman–Crippen MR) is 64.8 cm³/mol. The molecule has 0 aromatic carbocycles. The second-order valence-electron chi connectivity index (χ2n) is 3.10. The fourth-order valence-electron chi connectivity index (χ4n) is 1.02. The monoisotopic (exact) mass is 242 g/mol. The Morgan fingerprint density at radius 1 is 1.62 bits per heavy atom. The average molecular weight is 243 g/mol. The van der Waals surface area contributed by atoms with Crippen molar-refractivity contribution >= 4 is 22.6 Å². The Hall–Kier alpha value is -1.20. The van der Waals surface area contributed by atoms with Crippen LogP contribution in [0.2, 0.25) is 0 Å². The fraction of sp³-hybridized carbons (Fsp3) is 0.500. The van der Waals surface area contributed by atoms with Crippen LogP contribution in [-0.2, 0) is 4.84 Å². The topological polar surface area (TPSA) is 59.4 Å². The molecule has 0 fully saturated rings. The molecule has 0 amide bonds. The van der Waals surface area contributed by atoms with Gasteiger partial charge in [0.15, 0.2) is 5.82 Å². The van der Waals surface area contributed by atoms with Crippen LogP contribution in [0, 0.1) is 0 Å². The third-order valence-electron chi connectivity index (χ3n) is 1.90. The third kappa shape index (κ3) is 3.75. The van der Waals surface area contributed by atoms with E-state index in [1.54, 1.807) is 13.2 Å². The van der Waals surface area contributed by atoms with E-state index in [9.17, 15) is 0 Å². The smallest absolute Gasteiger partial charge is 0.163 e. The van der Waals surface area contributed by atoms with Gasteiger partial charge in [-0.2, -0.15) is 0 Å². The summed E-state index contributed by atoms with van der Waals surface area (Å²) in [5.74, 6) is 0.529. The van der Waals surface area contributed by atoms with E-state index in [1.165, 1.54) is 6.33 Å². The lowest BCUT2D eigenvalue weighted by atomic mass is 10.3. The van der Waals surface area contributed by atoms with Gasteiger partial charge in [-0.3, -0.25) is 9.83 Å². The molecule has 0 aliphatic carbocycles. The van der Waals surface area contributed by atoms with Crippen LogP contribution in [0.4, 0.5) is 5.82 Å². The van der Waals surface area contributed by atoms with Crippen molar-refractivity contribution in [3.8, 4) is 0 Å². The van der Waals surface area contributed by atoms with Gasteiger partial charge >= 0.3 is 0 Å². The summed E-state index contributed by atoms with van der Waals surface area (Å²) < 4.78 is 0. The number of halogens is 1. The molecular weight excluding hydrogens is 228 g/mol. The molecule has 5 nitrogen and oxygen atoms in total. The van der Waals surface area contributed by atoms with E-state index >= 15 is 0 Å². The van der Waals surface area contributed by atoms with Gasteiger partial charge in [0.25, 0.3) is 0 Å². The van der Waals surface area contributed by atoms with Crippen molar-refractivity contribution in [3.05, 3.63) is 18.1 Å². The molecule has 0 atom stereocenters. The van der Waals surface area contributed by atoms with Crippen LogP contribution in [0.25, 0.3) is 0 Å². The summed E-state index contributed by atoms with van der Waals surface area (Å²) >= 11 is 5.91. The van der Waals surface area contributed by atoms with E-state index in [2.05, 4.69) is 27.4 Å². The number of anilines is 1. The zero-order valence-electron chi connectivity index (χ0n) is 9.40. The molecule has 0 spiro atoms. The van der Waals surface area contributed by atoms with Gasteiger partial charge in [-0.05, 0) is 6.42 Å². The standard InChI is InChI=1S/C10H15ClN4O/c1-3-4-5-16-15-10-8(9(11)12-2)6-13-7-14-10/h6-7H,3-5H2,1-2H3,(H,13,14,15). The normalized spacial score (nSPS) is 11.6. The van der Waals surface area contributed by atoms with Gasteiger partial charge in [-0.25, -0.2) is 15.4 Å². The Morgan fingerprint density at radius 3 is 3.12 bits per heavy atom. The first-order chi connectivity index (χ1) is 7.79. The number of nitrogens with one attached hydrogen (secondary N) is 1. The van der Waals surface area contributed by atoms with Crippen LogP contribution in [-0.4, -0.2) is 28.8 Å². The van der Waals surface area contributed by atoms with E-state index in [1.807, 2.05) is 0 Å². The molecule has 0 saturated heterocycles. The molecule has 0 aliphatic rings.